The molecule has 1 aliphatic rings. The lowest BCUT2D eigenvalue weighted by atomic mass is 10.1. The molecule has 1 amide bonds. The number of nitrogens with one attached hydrogen (secondary N) is 1. The average molecular weight is 498 g/mol. The van der Waals surface area contributed by atoms with Gasteiger partial charge in [-0.3, -0.25) is 0 Å². The lowest BCUT2D eigenvalue weighted by Gasteiger charge is -2.23. The van der Waals surface area contributed by atoms with Gasteiger partial charge >= 0.3 is 6.09 Å². The Morgan fingerprint density at radius 3 is 2.72 bits per heavy atom. The molecule has 7 nitrogen and oxygen atoms in total. The highest BCUT2D eigenvalue weighted by Crippen LogP contribution is 2.28. The number of hydrogen-bond acceptors (Lipinski definition) is 7. The van der Waals surface area contributed by atoms with Crippen molar-refractivity contribution in [1.29, 1.82) is 0 Å². The van der Waals surface area contributed by atoms with E-state index in [0.717, 1.165) is 32.4 Å². The van der Waals surface area contributed by atoms with Crippen molar-refractivity contribution in [1.82, 2.24) is 20.2 Å². The molecule has 3 rings (SSSR count). The Bertz CT molecular complexity index is 893. The predicted molar refractivity (Wildman–Crippen MR) is 122 cm³/mol. The summed E-state index contributed by atoms with van der Waals surface area (Å²) in [5, 5.41) is 17.1. The van der Waals surface area contributed by atoms with Crippen LogP contribution in [0.1, 0.15) is 44.6 Å². The van der Waals surface area contributed by atoms with Crippen LogP contribution in [0.5, 0.6) is 0 Å². The molecule has 10 heteroatoms. The molecule has 0 fully saturated rings. The van der Waals surface area contributed by atoms with Crippen LogP contribution in [0.25, 0.3) is 0 Å². The van der Waals surface area contributed by atoms with E-state index in [1.165, 1.54) is 0 Å². The molecule has 0 bridgehead atoms. The molecule has 0 aliphatic carbocycles. The van der Waals surface area contributed by atoms with Gasteiger partial charge in [-0.25, -0.2) is 4.79 Å². The summed E-state index contributed by atoms with van der Waals surface area (Å²) in [6.45, 7) is 5.52. The van der Waals surface area contributed by atoms with Crippen molar-refractivity contribution in [3.63, 3.8) is 0 Å². The highest BCUT2D eigenvalue weighted by Gasteiger charge is 2.28. The van der Waals surface area contributed by atoms with Crippen LogP contribution in [0.15, 0.2) is 39.0 Å². The number of rotatable bonds is 6. The first-order valence-corrected chi connectivity index (χ1v) is 12.3. The van der Waals surface area contributed by atoms with Crippen LogP contribution < -0.4 is 5.32 Å². The summed E-state index contributed by atoms with van der Waals surface area (Å²) < 4.78 is 8.20. The van der Waals surface area contributed by atoms with E-state index in [9.17, 15) is 4.79 Å². The second-order valence-corrected chi connectivity index (χ2v) is 10.3. The number of carbonyl (C=O) groups excluding carboxylic acids is 1. The van der Waals surface area contributed by atoms with Crippen LogP contribution in [0.4, 0.5) is 4.79 Å². The molecule has 156 valence electrons. The molecule has 1 aliphatic heterocycles. The standard InChI is InChI=1S/C19H24BrN5O2S2/c1-19(2,3)27-18(26)21-14(9-10-28-4)16-22-23-17-25(16)24-15(11-29-17)12-5-7-13(20)8-6-12/h5-8,14H,9-11H2,1-4H3,(H,21,26). The largest absolute Gasteiger partial charge is 0.444 e. The van der Waals surface area contributed by atoms with Crippen molar-refractivity contribution < 1.29 is 9.53 Å². The van der Waals surface area contributed by atoms with Gasteiger partial charge in [-0.2, -0.15) is 21.5 Å². The van der Waals surface area contributed by atoms with Gasteiger partial charge in [-0.05, 0) is 56.9 Å². The van der Waals surface area contributed by atoms with Crippen LogP contribution in [0, 0.1) is 0 Å². The summed E-state index contributed by atoms with van der Waals surface area (Å²) in [5.74, 6) is 2.19. The fourth-order valence-corrected chi connectivity index (χ4v) is 4.28. The number of nitrogens with zero attached hydrogens (tertiary/aromatic N) is 4. The molecule has 2 aromatic rings. The summed E-state index contributed by atoms with van der Waals surface area (Å²) >= 11 is 6.76. The van der Waals surface area contributed by atoms with Crippen molar-refractivity contribution in [3.8, 4) is 0 Å². The molecule has 0 spiro atoms. The number of thioether (sulfide) groups is 2. The van der Waals surface area contributed by atoms with E-state index < -0.39 is 11.7 Å². The Hall–Kier alpha value is -1.52. The van der Waals surface area contributed by atoms with Gasteiger partial charge < -0.3 is 10.1 Å². The molecule has 1 aromatic heterocycles. The molecule has 2 heterocycles. The summed E-state index contributed by atoms with van der Waals surface area (Å²) in [6.07, 6.45) is 2.26. The van der Waals surface area contributed by atoms with Gasteiger partial charge in [0.1, 0.15) is 5.60 Å². The van der Waals surface area contributed by atoms with Gasteiger partial charge in [0, 0.05) is 10.2 Å². The molecule has 1 unspecified atom stereocenters. The third-order valence-electron chi connectivity index (χ3n) is 3.99. The van der Waals surface area contributed by atoms with Crippen molar-refractivity contribution in [2.75, 3.05) is 17.8 Å². The van der Waals surface area contributed by atoms with Crippen LogP contribution in [0.3, 0.4) is 0 Å². The Balaban J connectivity index is 1.88. The van der Waals surface area contributed by atoms with Gasteiger partial charge in [0.25, 0.3) is 0 Å². The lowest BCUT2D eigenvalue weighted by Crippen LogP contribution is -2.36. The van der Waals surface area contributed by atoms with E-state index >= 15 is 0 Å². The number of fused-ring (bicyclic) bond motifs is 1. The fourth-order valence-electron chi connectivity index (χ4n) is 2.70. The minimum absolute atomic E-state index is 0.341. The third-order valence-corrected chi connectivity index (χ3v) is 6.09. The highest BCUT2D eigenvalue weighted by molar-refractivity contribution is 9.10. The van der Waals surface area contributed by atoms with Gasteiger partial charge in [0.2, 0.25) is 5.16 Å². The summed E-state index contributed by atoms with van der Waals surface area (Å²) in [4.78, 5) is 12.4. The zero-order valence-electron chi connectivity index (χ0n) is 16.8. The van der Waals surface area contributed by atoms with E-state index in [1.807, 2.05) is 51.3 Å². The highest BCUT2D eigenvalue weighted by atomic mass is 79.9. The van der Waals surface area contributed by atoms with Crippen molar-refractivity contribution in [3.05, 3.63) is 40.1 Å². The Morgan fingerprint density at radius 1 is 1.34 bits per heavy atom. The number of carbonyl (C=O) groups is 1. The summed E-state index contributed by atoms with van der Waals surface area (Å²) in [5.41, 5.74) is 1.42. The number of amides is 1. The lowest BCUT2D eigenvalue weighted by molar-refractivity contribution is 0.0499. The Morgan fingerprint density at radius 2 is 2.07 bits per heavy atom. The van der Waals surface area contributed by atoms with E-state index in [4.69, 9.17) is 9.84 Å². The van der Waals surface area contributed by atoms with Crippen LogP contribution in [-0.2, 0) is 4.74 Å². The van der Waals surface area contributed by atoms with Crippen LogP contribution in [0.2, 0.25) is 0 Å². The van der Waals surface area contributed by atoms with Crippen molar-refractivity contribution in [2.24, 2.45) is 5.10 Å². The van der Waals surface area contributed by atoms with Crippen LogP contribution >= 0.6 is 39.5 Å². The number of hydrogen-bond donors (Lipinski definition) is 1. The first-order valence-electron chi connectivity index (χ1n) is 9.17. The van der Waals surface area contributed by atoms with Crippen LogP contribution in [-0.4, -0.2) is 50.0 Å². The zero-order valence-corrected chi connectivity index (χ0v) is 20.0. The average Bonchev–Trinajstić information content (AvgIpc) is 3.07. The number of aromatic nitrogens is 3. The first kappa shape index (κ1) is 22.2. The topological polar surface area (TPSA) is 81.4 Å². The second kappa shape index (κ2) is 9.53. The normalized spacial score (nSPS) is 14.7. The van der Waals surface area contributed by atoms with E-state index in [1.54, 1.807) is 28.2 Å². The minimum Gasteiger partial charge on any atom is -0.444 e. The van der Waals surface area contributed by atoms with E-state index in [0.29, 0.717) is 12.2 Å². The van der Waals surface area contributed by atoms with Gasteiger partial charge in [-0.15, -0.1) is 10.2 Å². The number of halogens is 1. The summed E-state index contributed by atoms with van der Waals surface area (Å²) in [6, 6.07) is 7.71. The SMILES string of the molecule is CSCCC(NC(=O)OC(C)(C)C)c1nnc2n1N=C(c1ccc(Br)cc1)CS2. The third kappa shape index (κ3) is 5.99. The summed E-state index contributed by atoms with van der Waals surface area (Å²) in [7, 11) is 0. The maximum Gasteiger partial charge on any atom is 0.408 e. The van der Waals surface area contributed by atoms with Crippen molar-refractivity contribution >= 4 is 51.3 Å². The smallest absolute Gasteiger partial charge is 0.408 e. The van der Waals surface area contributed by atoms with Crippen molar-refractivity contribution in [2.45, 2.75) is 44.0 Å². The molecular formula is C19H24BrN5O2S2. The Kier molecular flexibility index (Phi) is 7.28. The molecule has 1 aromatic carbocycles. The fraction of sp³-hybridized carbons (Fsp3) is 0.474. The van der Waals surface area contributed by atoms with Gasteiger partial charge in [0.15, 0.2) is 5.82 Å². The number of ether oxygens (including phenoxy) is 1. The molecular weight excluding hydrogens is 474 g/mol. The van der Waals surface area contributed by atoms with E-state index in [-0.39, 0.29) is 6.04 Å². The molecule has 1 atom stereocenters. The zero-order chi connectivity index (χ0) is 21.0. The maximum absolute atomic E-state index is 12.4. The van der Waals surface area contributed by atoms with E-state index in [2.05, 4.69) is 31.4 Å². The second-order valence-electron chi connectivity index (χ2n) is 7.48. The molecule has 0 saturated heterocycles. The number of alkyl carbamates (subject to hydrolysis) is 1. The predicted octanol–water partition coefficient (Wildman–Crippen LogP) is 4.72. The Labute approximate surface area is 187 Å². The molecule has 1 N–H and O–H groups in total. The van der Waals surface area contributed by atoms with Gasteiger partial charge in [0.05, 0.1) is 11.8 Å². The molecule has 0 saturated carbocycles. The first-order chi connectivity index (χ1) is 13.8. The number of benzene rings is 1. The molecule has 29 heavy (non-hydrogen) atoms. The van der Waals surface area contributed by atoms with Gasteiger partial charge in [-0.1, -0.05) is 39.8 Å². The minimum atomic E-state index is -0.568. The maximum atomic E-state index is 12.4. The monoisotopic (exact) mass is 497 g/mol. The molecule has 0 radical (unpaired) electrons. The quantitative estimate of drug-likeness (QED) is 0.621.